The molecule has 0 saturated heterocycles. The van der Waals surface area contributed by atoms with Crippen molar-refractivity contribution in [3.63, 3.8) is 0 Å². The number of alkyl halides is 5. The van der Waals surface area contributed by atoms with Gasteiger partial charge in [-0.1, -0.05) is 11.6 Å². The van der Waals surface area contributed by atoms with Gasteiger partial charge in [0.25, 0.3) is 6.43 Å². The summed E-state index contributed by atoms with van der Waals surface area (Å²) < 4.78 is 76.7. The number of methoxy groups -OCH3 is 1. The molecule has 1 amide bonds. The normalized spacial score (nSPS) is 16.8. The Balaban J connectivity index is 1.34. The molecule has 0 atom stereocenters. The van der Waals surface area contributed by atoms with E-state index < -0.39 is 42.6 Å². The molecule has 18 heteroatoms. The highest BCUT2D eigenvalue weighted by Gasteiger charge is 2.37. The van der Waals surface area contributed by atoms with Gasteiger partial charge in [-0.2, -0.15) is 18.3 Å². The van der Waals surface area contributed by atoms with E-state index in [1.54, 1.807) is 12.1 Å². The minimum absolute atomic E-state index is 0.0401. The molecule has 5 rings (SSSR count). The summed E-state index contributed by atoms with van der Waals surface area (Å²) in [5, 5.41) is 9.12. The number of halogens is 6. The lowest BCUT2D eigenvalue weighted by molar-refractivity contribution is -0.137. The summed E-state index contributed by atoms with van der Waals surface area (Å²) in [7, 11) is 1.43. The third kappa shape index (κ3) is 7.53. The number of carbonyl (C=O) groups excluding carboxylic acids is 1. The van der Waals surface area contributed by atoms with Crippen LogP contribution >= 0.6 is 11.6 Å². The van der Waals surface area contributed by atoms with Crippen molar-refractivity contribution >= 4 is 29.5 Å². The van der Waals surface area contributed by atoms with Crippen molar-refractivity contribution in [1.29, 1.82) is 0 Å². The fraction of sp³-hybridized carbons (Fsp3) is 0.370. The number of rotatable bonds is 9. The zero-order valence-corrected chi connectivity index (χ0v) is 24.2. The number of hydrogen-bond donors (Lipinski definition) is 2. The van der Waals surface area contributed by atoms with Crippen molar-refractivity contribution in [2.75, 3.05) is 23.9 Å². The Labute approximate surface area is 257 Å². The molecule has 2 N–H and O–H groups in total. The average Bonchev–Trinajstić information content (AvgIpc) is 3.46. The number of nitrogens with one attached hydrogen (secondary N) is 2. The van der Waals surface area contributed by atoms with Crippen molar-refractivity contribution in [3.8, 4) is 28.5 Å². The largest absolute Gasteiger partial charge is 0.467 e. The Morgan fingerprint density at radius 3 is 2.44 bits per heavy atom. The second kappa shape index (κ2) is 13.5. The molecule has 1 aliphatic carbocycles. The van der Waals surface area contributed by atoms with Crippen LogP contribution < -0.4 is 15.0 Å². The maximum absolute atomic E-state index is 13.7. The Kier molecular flexibility index (Phi) is 9.55. The topological polar surface area (TPSA) is 144 Å². The average molecular weight is 654 g/mol. The van der Waals surface area contributed by atoms with E-state index in [1.165, 1.54) is 36.8 Å². The van der Waals surface area contributed by atoms with Crippen LogP contribution in [0.15, 0.2) is 43.1 Å². The number of ether oxygens (including phenoxy) is 2. The second-order valence-electron chi connectivity index (χ2n) is 9.90. The van der Waals surface area contributed by atoms with Crippen LogP contribution in [0.1, 0.15) is 31.2 Å². The second-order valence-corrected chi connectivity index (χ2v) is 10.3. The highest BCUT2D eigenvalue weighted by atomic mass is 35.5. The fourth-order valence-corrected chi connectivity index (χ4v) is 5.06. The number of anilines is 2. The predicted molar refractivity (Wildman–Crippen MR) is 151 cm³/mol. The summed E-state index contributed by atoms with van der Waals surface area (Å²) in [5.41, 5.74) is -0.445. The first kappa shape index (κ1) is 31.7. The van der Waals surface area contributed by atoms with Crippen LogP contribution in [0.5, 0.6) is 6.01 Å². The number of aromatic nitrogens is 7. The molecule has 4 aromatic heterocycles. The van der Waals surface area contributed by atoms with Crippen LogP contribution in [0, 0.1) is 0 Å². The third-order valence-corrected chi connectivity index (χ3v) is 7.27. The van der Waals surface area contributed by atoms with Crippen LogP contribution in [-0.2, 0) is 10.9 Å². The molecule has 0 aliphatic heterocycles. The van der Waals surface area contributed by atoms with Crippen LogP contribution in [-0.4, -0.2) is 73.4 Å². The first-order chi connectivity index (χ1) is 21.5. The van der Waals surface area contributed by atoms with Crippen molar-refractivity contribution in [2.45, 2.75) is 50.4 Å². The minimum atomic E-state index is -4.74. The zero-order valence-electron chi connectivity index (χ0n) is 23.4. The van der Waals surface area contributed by atoms with Crippen molar-refractivity contribution in [1.82, 2.24) is 35.1 Å². The molecule has 1 aliphatic rings. The molecular weight excluding hydrogens is 629 g/mol. The van der Waals surface area contributed by atoms with Crippen molar-refractivity contribution in [3.05, 3.63) is 53.7 Å². The molecule has 45 heavy (non-hydrogen) atoms. The SMILES string of the molecule is COc1ncc(-c2ccnc(N(C(=O)OCC(F)F)C3CCC(Nc4ncc(C(F)(F)F)c(-c5[nH]ncc5Cl)n4)CC3)c2)cn1. The Hall–Kier alpha value is -4.67. The van der Waals surface area contributed by atoms with Crippen LogP contribution in [0.2, 0.25) is 5.02 Å². The Morgan fingerprint density at radius 2 is 1.82 bits per heavy atom. The van der Waals surface area contributed by atoms with Gasteiger partial charge in [-0.15, -0.1) is 0 Å². The summed E-state index contributed by atoms with van der Waals surface area (Å²) in [6.45, 7) is -1.09. The predicted octanol–water partition coefficient (Wildman–Crippen LogP) is 6.03. The third-order valence-electron chi connectivity index (χ3n) is 6.98. The van der Waals surface area contributed by atoms with Crippen LogP contribution in [0.4, 0.5) is 38.5 Å². The number of nitrogens with zero attached hydrogens (tertiary/aromatic N) is 7. The van der Waals surface area contributed by atoms with Crippen LogP contribution in [0.3, 0.4) is 0 Å². The van der Waals surface area contributed by atoms with Gasteiger partial charge in [0.05, 0.1) is 18.3 Å². The van der Waals surface area contributed by atoms with E-state index in [4.69, 9.17) is 21.1 Å². The lowest BCUT2D eigenvalue weighted by Crippen LogP contribution is -2.45. The molecule has 0 bridgehead atoms. The molecule has 0 spiro atoms. The summed E-state index contributed by atoms with van der Waals surface area (Å²) in [5.74, 6) is 0.113. The van der Waals surface area contributed by atoms with Gasteiger partial charge in [0.15, 0.2) is 6.61 Å². The highest BCUT2D eigenvalue weighted by molar-refractivity contribution is 6.32. The smallest absolute Gasteiger partial charge is 0.420 e. The van der Waals surface area contributed by atoms with Gasteiger partial charge in [0.1, 0.15) is 22.8 Å². The molecule has 1 saturated carbocycles. The van der Waals surface area contributed by atoms with Gasteiger partial charge in [-0.25, -0.2) is 38.5 Å². The molecule has 0 radical (unpaired) electrons. The molecule has 12 nitrogen and oxygen atoms in total. The van der Waals surface area contributed by atoms with Gasteiger partial charge in [0.2, 0.25) is 5.95 Å². The van der Waals surface area contributed by atoms with E-state index in [0.717, 1.165) is 0 Å². The number of carbonyl (C=O) groups is 1. The van der Waals surface area contributed by atoms with Gasteiger partial charge < -0.3 is 14.8 Å². The number of aromatic amines is 1. The lowest BCUT2D eigenvalue weighted by atomic mass is 9.90. The maximum atomic E-state index is 13.7. The van der Waals surface area contributed by atoms with E-state index in [1.807, 2.05) is 0 Å². The molecule has 0 unspecified atom stereocenters. The first-order valence-corrected chi connectivity index (χ1v) is 13.9. The van der Waals surface area contributed by atoms with E-state index in [0.29, 0.717) is 43.0 Å². The molecule has 0 aromatic carbocycles. The molecule has 4 heterocycles. The van der Waals surface area contributed by atoms with E-state index >= 15 is 0 Å². The van der Waals surface area contributed by atoms with E-state index in [9.17, 15) is 26.7 Å². The van der Waals surface area contributed by atoms with Crippen molar-refractivity contribution < 1.29 is 36.2 Å². The van der Waals surface area contributed by atoms with Gasteiger partial charge >= 0.3 is 18.3 Å². The van der Waals surface area contributed by atoms with Gasteiger partial charge in [-0.05, 0) is 43.4 Å². The molecular formula is C27H25ClF5N9O3. The van der Waals surface area contributed by atoms with Gasteiger partial charge in [-0.3, -0.25) is 10.00 Å². The first-order valence-electron chi connectivity index (χ1n) is 13.5. The molecule has 238 valence electrons. The summed E-state index contributed by atoms with van der Waals surface area (Å²) in [6.07, 6.45) is -0.646. The quantitative estimate of drug-likeness (QED) is 0.205. The van der Waals surface area contributed by atoms with Crippen LogP contribution in [0.25, 0.3) is 22.5 Å². The molecule has 4 aromatic rings. The number of pyridine rings is 1. The highest BCUT2D eigenvalue weighted by Crippen LogP contribution is 2.38. The van der Waals surface area contributed by atoms with E-state index in [2.05, 4.69) is 40.4 Å². The standard InChI is InChI=1S/C27H25ClF5N9O3/c1-44-25-36-9-15(10-37-25)14-6-7-34-21(8-14)42(26(43)45-13-20(29)30)17-4-2-16(3-5-17)39-24-35-11-18(27(31,32)33)22(40-24)23-19(28)12-38-41-23/h6-12,16-17,20H,2-5,13H2,1H3,(H,38,41)(H,35,39,40). The summed E-state index contributed by atoms with van der Waals surface area (Å²) >= 11 is 6.02. The van der Waals surface area contributed by atoms with Gasteiger partial charge in [0, 0.05) is 42.4 Å². The number of amides is 1. The maximum Gasteiger partial charge on any atom is 0.420 e. The summed E-state index contributed by atoms with van der Waals surface area (Å²) in [6, 6.07) is 2.66. The minimum Gasteiger partial charge on any atom is -0.467 e. The lowest BCUT2D eigenvalue weighted by Gasteiger charge is -2.36. The zero-order chi connectivity index (χ0) is 32.1. The van der Waals surface area contributed by atoms with E-state index in [-0.39, 0.29) is 34.5 Å². The molecule has 1 fully saturated rings. The Bertz CT molecular complexity index is 1620. The number of H-pyrrole nitrogens is 1. The Morgan fingerprint density at radius 1 is 1.09 bits per heavy atom. The monoisotopic (exact) mass is 653 g/mol. The van der Waals surface area contributed by atoms with Crippen molar-refractivity contribution in [2.24, 2.45) is 0 Å². The number of hydrogen-bond acceptors (Lipinski definition) is 10. The fourth-order valence-electron chi connectivity index (χ4n) is 4.88. The summed E-state index contributed by atoms with van der Waals surface area (Å²) in [4.78, 5) is 34.7.